The van der Waals surface area contributed by atoms with E-state index in [0.29, 0.717) is 0 Å². The molecule has 2 fully saturated rings. The van der Waals surface area contributed by atoms with Gasteiger partial charge in [0, 0.05) is 0 Å². The van der Waals surface area contributed by atoms with E-state index in [1.165, 1.54) is 12.8 Å². The van der Waals surface area contributed by atoms with Crippen LogP contribution in [0.4, 0.5) is 0 Å². The molecule has 28 heavy (non-hydrogen) atoms. The zero-order chi connectivity index (χ0) is 20.6. The van der Waals surface area contributed by atoms with Crippen LogP contribution in [0.15, 0.2) is 0 Å². The predicted molar refractivity (Wildman–Crippen MR) is 109 cm³/mol. The van der Waals surface area contributed by atoms with E-state index in [9.17, 15) is 14.7 Å². The molecule has 0 saturated heterocycles. The normalized spacial score (nSPS) is 30.3. The highest BCUT2D eigenvalue weighted by atomic mass is 16.5. The minimum absolute atomic E-state index is 0.0259. The maximum absolute atomic E-state index is 12.4. The lowest BCUT2D eigenvalue weighted by atomic mass is 9.81. The van der Waals surface area contributed by atoms with Crippen molar-refractivity contribution in [2.45, 2.75) is 85.0 Å². The molecule has 162 valence electrons. The van der Waals surface area contributed by atoms with Crippen molar-refractivity contribution >= 4 is 11.9 Å². The second kappa shape index (κ2) is 11.2. The van der Waals surface area contributed by atoms with Crippen LogP contribution in [0.2, 0.25) is 0 Å². The molecule has 0 bridgehead atoms. The summed E-state index contributed by atoms with van der Waals surface area (Å²) in [6, 6.07) is 0. The second-order valence-electron chi connectivity index (χ2n) is 9.44. The van der Waals surface area contributed by atoms with Crippen molar-refractivity contribution in [1.82, 2.24) is 0 Å². The molecule has 0 aromatic rings. The molecule has 0 aliphatic heterocycles. The first-order chi connectivity index (χ1) is 13.4. The molecule has 2 saturated carbocycles. The molecule has 2 aliphatic rings. The van der Waals surface area contributed by atoms with Crippen LogP contribution in [0, 0.1) is 29.1 Å². The van der Waals surface area contributed by atoms with Gasteiger partial charge in [0.05, 0.1) is 23.9 Å². The summed E-state index contributed by atoms with van der Waals surface area (Å²) in [6.45, 7) is 6.20. The van der Waals surface area contributed by atoms with Crippen LogP contribution in [0.1, 0.15) is 85.0 Å². The SMILES string of the molecule is CCC1CCC(C(=O)OCC(C)(CO)COC(=O)C2CCC(CC)CC2)CC1. The van der Waals surface area contributed by atoms with Gasteiger partial charge in [0.25, 0.3) is 0 Å². The van der Waals surface area contributed by atoms with E-state index >= 15 is 0 Å². The van der Waals surface area contributed by atoms with Crippen LogP contribution in [0.3, 0.4) is 0 Å². The topological polar surface area (TPSA) is 72.8 Å². The Bertz CT molecular complexity index is 447. The van der Waals surface area contributed by atoms with Gasteiger partial charge in [-0.25, -0.2) is 0 Å². The molecule has 0 unspecified atom stereocenters. The van der Waals surface area contributed by atoms with Crippen molar-refractivity contribution < 1.29 is 24.2 Å². The Balaban J connectivity index is 1.73. The predicted octanol–water partition coefficient (Wildman–Crippen LogP) is 4.50. The molecular weight excluding hydrogens is 356 g/mol. The monoisotopic (exact) mass is 396 g/mol. The molecule has 5 heteroatoms. The lowest BCUT2D eigenvalue weighted by Gasteiger charge is -2.31. The number of aliphatic hydroxyl groups is 1. The van der Waals surface area contributed by atoms with Gasteiger partial charge in [0.15, 0.2) is 0 Å². The van der Waals surface area contributed by atoms with Crippen LogP contribution in [-0.4, -0.2) is 36.9 Å². The first-order valence-corrected chi connectivity index (χ1v) is 11.3. The molecule has 0 heterocycles. The summed E-state index contributed by atoms with van der Waals surface area (Å²) in [4.78, 5) is 24.8. The van der Waals surface area contributed by atoms with Crippen LogP contribution >= 0.6 is 0 Å². The van der Waals surface area contributed by atoms with Crippen molar-refractivity contribution in [2.75, 3.05) is 19.8 Å². The van der Waals surface area contributed by atoms with E-state index in [1.54, 1.807) is 6.92 Å². The number of hydrogen-bond donors (Lipinski definition) is 1. The third-order valence-electron chi connectivity index (χ3n) is 7.02. The summed E-state index contributed by atoms with van der Waals surface area (Å²) in [5.41, 5.74) is -0.743. The number of carbonyl (C=O) groups is 2. The Labute approximate surface area is 170 Å². The highest BCUT2D eigenvalue weighted by Crippen LogP contribution is 2.33. The van der Waals surface area contributed by atoms with Gasteiger partial charge in [0.2, 0.25) is 0 Å². The number of aliphatic hydroxyl groups excluding tert-OH is 1. The van der Waals surface area contributed by atoms with Crippen LogP contribution in [0.5, 0.6) is 0 Å². The van der Waals surface area contributed by atoms with Gasteiger partial charge < -0.3 is 14.6 Å². The summed E-state index contributed by atoms with van der Waals surface area (Å²) in [5.74, 6) is 1.08. The molecule has 0 amide bonds. The van der Waals surface area contributed by atoms with Crippen LogP contribution in [0.25, 0.3) is 0 Å². The maximum atomic E-state index is 12.4. The van der Waals surface area contributed by atoms with Crippen molar-refractivity contribution in [1.29, 1.82) is 0 Å². The highest BCUT2D eigenvalue weighted by Gasteiger charge is 2.33. The number of rotatable bonds is 9. The van der Waals surface area contributed by atoms with Crippen molar-refractivity contribution in [3.05, 3.63) is 0 Å². The highest BCUT2D eigenvalue weighted by molar-refractivity contribution is 5.73. The Hall–Kier alpha value is -1.10. The van der Waals surface area contributed by atoms with E-state index in [2.05, 4.69) is 13.8 Å². The van der Waals surface area contributed by atoms with Crippen molar-refractivity contribution in [3.63, 3.8) is 0 Å². The Morgan fingerprint density at radius 2 is 1.14 bits per heavy atom. The summed E-state index contributed by atoms with van der Waals surface area (Å²) in [5, 5.41) is 9.78. The summed E-state index contributed by atoms with van der Waals surface area (Å²) < 4.78 is 11.0. The first kappa shape index (κ1) is 23.2. The van der Waals surface area contributed by atoms with Crippen molar-refractivity contribution in [3.8, 4) is 0 Å². The molecule has 0 aromatic heterocycles. The quantitative estimate of drug-likeness (QED) is 0.581. The van der Waals surface area contributed by atoms with Crippen LogP contribution < -0.4 is 0 Å². The van der Waals surface area contributed by atoms with E-state index in [4.69, 9.17) is 9.47 Å². The van der Waals surface area contributed by atoms with E-state index in [-0.39, 0.29) is 43.6 Å². The van der Waals surface area contributed by atoms with E-state index < -0.39 is 5.41 Å². The van der Waals surface area contributed by atoms with E-state index in [0.717, 1.165) is 63.2 Å². The van der Waals surface area contributed by atoms with Crippen molar-refractivity contribution in [2.24, 2.45) is 29.1 Å². The van der Waals surface area contributed by atoms with Crippen LogP contribution in [-0.2, 0) is 19.1 Å². The first-order valence-electron chi connectivity index (χ1n) is 11.3. The molecule has 0 aromatic carbocycles. The molecule has 2 aliphatic carbocycles. The van der Waals surface area contributed by atoms with Gasteiger partial charge in [-0.3, -0.25) is 9.59 Å². The van der Waals surface area contributed by atoms with Gasteiger partial charge in [-0.05, 0) is 63.2 Å². The number of hydrogen-bond acceptors (Lipinski definition) is 5. The smallest absolute Gasteiger partial charge is 0.308 e. The molecule has 1 N–H and O–H groups in total. The maximum Gasteiger partial charge on any atom is 0.308 e. The molecule has 5 nitrogen and oxygen atoms in total. The minimum atomic E-state index is -0.743. The number of esters is 2. The summed E-state index contributed by atoms with van der Waals surface area (Å²) in [7, 11) is 0. The van der Waals surface area contributed by atoms with Gasteiger partial charge in [0.1, 0.15) is 13.2 Å². The average molecular weight is 397 g/mol. The second-order valence-corrected chi connectivity index (χ2v) is 9.44. The molecular formula is C23H40O5. The fourth-order valence-electron chi connectivity index (χ4n) is 4.47. The summed E-state index contributed by atoms with van der Waals surface area (Å²) >= 11 is 0. The standard InChI is InChI=1S/C23H40O5/c1-4-17-6-10-19(11-7-17)21(25)27-15-23(3,14-24)16-28-22(26)20-12-8-18(5-2)9-13-20/h17-20,24H,4-16H2,1-3H3. The third-order valence-corrected chi connectivity index (χ3v) is 7.02. The molecule has 0 spiro atoms. The molecule has 2 rings (SSSR count). The Morgan fingerprint density at radius 1 is 0.786 bits per heavy atom. The Morgan fingerprint density at radius 3 is 1.43 bits per heavy atom. The zero-order valence-corrected chi connectivity index (χ0v) is 18.1. The van der Waals surface area contributed by atoms with Gasteiger partial charge >= 0.3 is 11.9 Å². The lowest BCUT2D eigenvalue weighted by molar-refractivity contribution is -0.161. The molecule has 0 radical (unpaired) electrons. The van der Waals surface area contributed by atoms with Gasteiger partial charge in [-0.15, -0.1) is 0 Å². The average Bonchev–Trinajstić information content (AvgIpc) is 2.76. The number of ether oxygens (including phenoxy) is 2. The lowest BCUT2D eigenvalue weighted by Crippen LogP contribution is -2.37. The fraction of sp³-hybridized carbons (Fsp3) is 0.913. The minimum Gasteiger partial charge on any atom is -0.465 e. The van der Waals surface area contributed by atoms with Gasteiger partial charge in [-0.1, -0.05) is 33.6 Å². The fourth-order valence-corrected chi connectivity index (χ4v) is 4.47. The van der Waals surface area contributed by atoms with Gasteiger partial charge in [-0.2, -0.15) is 0 Å². The largest absolute Gasteiger partial charge is 0.465 e. The number of carbonyl (C=O) groups excluding carboxylic acids is 2. The Kier molecular flexibility index (Phi) is 9.26. The zero-order valence-electron chi connectivity index (χ0n) is 18.1. The third kappa shape index (κ3) is 6.75. The van der Waals surface area contributed by atoms with E-state index in [1.807, 2.05) is 0 Å². The molecule has 0 atom stereocenters. The summed E-state index contributed by atoms with van der Waals surface area (Å²) in [6.07, 6.45) is 10.3.